The number of rotatable bonds is 8. The molecule has 1 heterocycles. The van der Waals surface area contributed by atoms with E-state index in [1.165, 1.54) is 12.8 Å². The molecule has 1 aromatic rings. The van der Waals surface area contributed by atoms with Crippen LogP contribution in [0.1, 0.15) is 25.5 Å². The van der Waals surface area contributed by atoms with E-state index in [1.807, 2.05) is 12.1 Å². The summed E-state index contributed by atoms with van der Waals surface area (Å²) in [4.78, 5) is 0. The standard InChI is InChI=1S/C13H21NO3/c1-10(11-4-5-11)14-7-12(15)8-16-9-13-3-2-6-17-13/h2-3,6,10-12,14-15H,4-5,7-9H2,1H3. The molecule has 2 atom stereocenters. The highest BCUT2D eigenvalue weighted by atomic mass is 16.5. The molecule has 4 heteroatoms. The lowest BCUT2D eigenvalue weighted by Crippen LogP contribution is -2.36. The Morgan fingerprint density at radius 2 is 2.41 bits per heavy atom. The summed E-state index contributed by atoms with van der Waals surface area (Å²) >= 11 is 0. The molecule has 1 aromatic heterocycles. The summed E-state index contributed by atoms with van der Waals surface area (Å²) in [5.41, 5.74) is 0. The molecule has 4 nitrogen and oxygen atoms in total. The Balaban J connectivity index is 1.52. The molecule has 0 aliphatic heterocycles. The summed E-state index contributed by atoms with van der Waals surface area (Å²) in [5, 5.41) is 13.0. The van der Waals surface area contributed by atoms with Crippen molar-refractivity contribution in [2.24, 2.45) is 5.92 Å². The lowest BCUT2D eigenvalue weighted by molar-refractivity contribution is 0.0215. The summed E-state index contributed by atoms with van der Waals surface area (Å²) in [6.07, 6.45) is 3.80. The van der Waals surface area contributed by atoms with Crippen LogP contribution in [0.3, 0.4) is 0 Å². The fourth-order valence-corrected chi connectivity index (χ4v) is 1.83. The summed E-state index contributed by atoms with van der Waals surface area (Å²) in [6, 6.07) is 4.20. The third-order valence-corrected chi connectivity index (χ3v) is 3.14. The zero-order chi connectivity index (χ0) is 12.1. The third-order valence-electron chi connectivity index (χ3n) is 3.14. The van der Waals surface area contributed by atoms with E-state index in [0.717, 1.165) is 11.7 Å². The highest BCUT2D eigenvalue weighted by Gasteiger charge is 2.27. The Labute approximate surface area is 102 Å². The lowest BCUT2D eigenvalue weighted by Gasteiger charge is -2.16. The smallest absolute Gasteiger partial charge is 0.129 e. The molecular weight excluding hydrogens is 218 g/mol. The number of furan rings is 1. The highest BCUT2D eigenvalue weighted by molar-refractivity contribution is 4.96. The minimum atomic E-state index is -0.453. The SMILES string of the molecule is CC(NCC(O)COCc1ccco1)C1CC1. The van der Waals surface area contributed by atoms with Crippen LogP contribution in [0.2, 0.25) is 0 Å². The van der Waals surface area contributed by atoms with E-state index in [9.17, 15) is 5.11 Å². The van der Waals surface area contributed by atoms with Gasteiger partial charge in [-0.3, -0.25) is 0 Å². The average molecular weight is 239 g/mol. The molecule has 0 aromatic carbocycles. The second kappa shape index (κ2) is 6.19. The van der Waals surface area contributed by atoms with Crippen molar-refractivity contribution in [3.05, 3.63) is 24.2 Å². The quantitative estimate of drug-likeness (QED) is 0.722. The Morgan fingerprint density at radius 3 is 3.06 bits per heavy atom. The van der Waals surface area contributed by atoms with E-state index in [4.69, 9.17) is 9.15 Å². The fourth-order valence-electron chi connectivity index (χ4n) is 1.83. The molecule has 0 spiro atoms. The van der Waals surface area contributed by atoms with Crippen LogP contribution in [0.5, 0.6) is 0 Å². The molecule has 2 unspecified atom stereocenters. The zero-order valence-electron chi connectivity index (χ0n) is 10.3. The van der Waals surface area contributed by atoms with Gasteiger partial charge in [0.05, 0.1) is 19.0 Å². The summed E-state index contributed by atoms with van der Waals surface area (Å²) in [5.74, 6) is 1.60. The minimum Gasteiger partial charge on any atom is -0.467 e. The average Bonchev–Trinajstić information content (AvgIpc) is 3.05. The van der Waals surface area contributed by atoms with Gasteiger partial charge in [-0.05, 0) is 37.8 Å². The van der Waals surface area contributed by atoms with Crippen LogP contribution in [-0.4, -0.2) is 30.4 Å². The maximum atomic E-state index is 9.71. The van der Waals surface area contributed by atoms with Crippen LogP contribution in [0, 0.1) is 5.92 Å². The Bertz CT molecular complexity index is 308. The number of hydrogen-bond donors (Lipinski definition) is 2. The van der Waals surface area contributed by atoms with Crippen LogP contribution < -0.4 is 5.32 Å². The van der Waals surface area contributed by atoms with Gasteiger partial charge in [0.25, 0.3) is 0 Å². The molecule has 2 N–H and O–H groups in total. The third kappa shape index (κ3) is 4.50. The van der Waals surface area contributed by atoms with Gasteiger partial charge in [-0.2, -0.15) is 0 Å². The fraction of sp³-hybridized carbons (Fsp3) is 0.692. The van der Waals surface area contributed by atoms with Gasteiger partial charge >= 0.3 is 0 Å². The van der Waals surface area contributed by atoms with Crippen molar-refractivity contribution < 1.29 is 14.3 Å². The number of nitrogens with one attached hydrogen (secondary N) is 1. The van der Waals surface area contributed by atoms with Crippen molar-refractivity contribution >= 4 is 0 Å². The van der Waals surface area contributed by atoms with Crippen LogP contribution in [-0.2, 0) is 11.3 Å². The first-order valence-electron chi connectivity index (χ1n) is 6.27. The van der Waals surface area contributed by atoms with E-state index in [2.05, 4.69) is 12.2 Å². The van der Waals surface area contributed by atoms with Crippen LogP contribution in [0.25, 0.3) is 0 Å². The molecule has 2 rings (SSSR count). The molecule has 0 saturated heterocycles. The van der Waals surface area contributed by atoms with Gasteiger partial charge in [0.2, 0.25) is 0 Å². The van der Waals surface area contributed by atoms with E-state index >= 15 is 0 Å². The molecule has 0 amide bonds. The number of aliphatic hydroxyl groups excluding tert-OH is 1. The van der Waals surface area contributed by atoms with Crippen molar-refractivity contribution in [2.75, 3.05) is 13.2 Å². The monoisotopic (exact) mass is 239 g/mol. The van der Waals surface area contributed by atoms with E-state index < -0.39 is 6.10 Å². The summed E-state index contributed by atoms with van der Waals surface area (Å²) < 4.78 is 10.5. The predicted molar refractivity (Wildman–Crippen MR) is 64.6 cm³/mol. The van der Waals surface area contributed by atoms with Crippen LogP contribution in [0.4, 0.5) is 0 Å². The van der Waals surface area contributed by atoms with Crippen molar-refractivity contribution in [1.82, 2.24) is 5.32 Å². The van der Waals surface area contributed by atoms with E-state index in [0.29, 0.717) is 25.8 Å². The van der Waals surface area contributed by atoms with E-state index in [1.54, 1.807) is 6.26 Å². The zero-order valence-corrected chi connectivity index (χ0v) is 10.3. The topological polar surface area (TPSA) is 54.6 Å². The van der Waals surface area contributed by atoms with Crippen LogP contribution in [0.15, 0.2) is 22.8 Å². The first kappa shape index (κ1) is 12.6. The molecule has 96 valence electrons. The molecule has 1 fully saturated rings. The Kier molecular flexibility index (Phi) is 4.59. The normalized spacial score (nSPS) is 19.2. The second-order valence-electron chi connectivity index (χ2n) is 4.78. The number of ether oxygens (including phenoxy) is 1. The first-order valence-corrected chi connectivity index (χ1v) is 6.27. The largest absolute Gasteiger partial charge is 0.467 e. The molecule has 0 bridgehead atoms. The van der Waals surface area contributed by atoms with Gasteiger partial charge in [-0.15, -0.1) is 0 Å². The Hall–Kier alpha value is -0.840. The summed E-state index contributed by atoms with van der Waals surface area (Å²) in [6.45, 7) is 3.53. The van der Waals surface area contributed by atoms with Crippen molar-refractivity contribution in [1.29, 1.82) is 0 Å². The van der Waals surface area contributed by atoms with Gasteiger partial charge in [0.15, 0.2) is 0 Å². The molecule has 17 heavy (non-hydrogen) atoms. The highest BCUT2D eigenvalue weighted by Crippen LogP contribution is 2.32. The van der Waals surface area contributed by atoms with E-state index in [-0.39, 0.29) is 0 Å². The number of aliphatic hydroxyl groups is 1. The van der Waals surface area contributed by atoms with Crippen molar-refractivity contribution in [3.8, 4) is 0 Å². The van der Waals surface area contributed by atoms with Crippen LogP contribution >= 0.6 is 0 Å². The molecule has 1 saturated carbocycles. The van der Waals surface area contributed by atoms with Gasteiger partial charge < -0.3 is 19.6 Å². The number of hydrogen-bond acceptors (Lipinski definition) is 4. The Morgan fingerprint density at radius 1 is 1.59 bits per heavy atom. The maximum Gasteiger partial charge on any atom is 0.129 e. The lowest BCUT2D eigenvalue weighted by atomic mass is 10.2. The molecule has 1 aliphatic rings. The predicted octanol–water partition coefficient (Wildman–Crippen LogP) is 1.55. The van der Waals surface area contributed by atoms with Crippen molar-refractivity contribution in [3.63, 3.8) is 0 Å². The first-order chi connectivity index (χ1) is 8.25. The van der Waals surface area contributed by atoms with Gasteiger partial charge in [-0.1, -0.05) is 0 Å². The minimum absolute atomic E-state index is 0.338. The van der Waals surface area contributed by atoms with Gasteiger partial charge in [0.1, 0.15) is 12.4 Å². The maximum absolute atomic E-state index is 9.71. The second-order valence-corrected chi connectivity index (χ2v) is 4.78. The molecular formula is C13H21NO3. The van der Waals surface area contributed by atoms with Gasteiger partial charge in [-0.25, -0.2) is 0 Å². The summed E-state index contributed by atoms with van der Waals surface area (Å²) in [7, 11) is 0. The molecule has 1 aliphatic carbocycles. The molecule has 0 radical (unpaired) electrons. The van der Waals surface area contributed by atoms with Gasteiger partial charge in [0, 0.05) is 12.6 Å². The van der Waals surface area contributed by atoms with Crippen molar-refractivity contribution in [2.45, 2.75) is 38.5 Å².